The van der Waals surface area contributed by atoms with E-state index in [2.05, 4.69) is 5.32 Å². The molecule has 2 saturated carbocycles. The zero-order chi connectivity index (χ0) is 19.9. The Morgan fingerprint density at radius 3 is 2.89 bits per heavy atom. The van der Waals surface area contributed by atoms with Gasteiger partial charge in [0.1, 0.15) is 17.7 Å². The van der Waals surface area contributed by atoms with E-state index in [4.69, 9.17) is 0 Å². The van der Waals surface area contributed by atoms with Crippen molar-refractivity contribution in [1.82, 2.24) is 5.32 Å². The van der Waals surface area contributed by atoms with Crippen molar-refractivity contribution in [2.45, 2.75) is 70.4 Å². The van der Waals surface area contributed by atoms with Gasteiger partial charge >= 0.3 is 0 Å². The van der Waals surface area contributed by atoms with Gasteiger partial charge in [-0.15, -0.1) is 0 Å². The summed E-state index contributed by atoms with van der Waals surface area (Å²) < 4.78 is 15.6. The summed E-state index contributed by atoms with van der Waals surface area (Å²) in [6, 6.07) is 5.49. The van der Waals surface area contributed by atoms with Crippen LogP contribution in [0.2, 0.25) is 0 Å². The number of hydrogen-bond acceptors (Lipinski definition) is 3. The fourth-order valence-corrected chi connectivity index (χ4v) is 6.72. The van der Waals surface area contributed by atoms with E-state index in [1.165, 1.54) is 12.8 Å². The lowest BCUT2D eigenvalue weighted by Crippen LogP contribution is -2.50. The molecule has 6 atom stereocenters. The van der Waals surface area contributed by atoms with Gasteiger partial charge in [-0.2, -0.15) is 0 Å². The summed E-state index contributed by atoms with van der Waals surface area (Å²) in [5, 5.41) is 13.2. The number of ketones is 1. The number of fused-ring (bicyclic) bond motifs is 5. The van der Waals surface area contributed by atoms with Crippen LogP contribution in [0, 0.1) is 23.2 Å². The Hall–Kier alpha value is -1.42. The fourth-order valence-electron chi connectivity index (χ4n) is 6.72. The maximum absolute atomic E-state index is 15.6. The van der Waals surface area contributed by atoms with Crippen LogP contribution in [0.4, 0.5) is 4.39 Å². The Balaban J connectivity index is 1.64. The van der Waals surface area contributed by atoms with E-state index in [1.54, 1.807) is 6.07 Å². The summed E-state index contributed by atoms with van der Waals surface area (Å²) in [4.78, 5) is 12.7. The maximum atomic E-state index is 15.6. The van der Waals surface area contributed by atoms with Crippen LogP contribution in [-0.4, -0.2) is 30.7 Å². The maximum Gasteiger partial charge on any atom is 0.139 e. The highest BCUT2D eigenvalue weighted by molar-refractivity contribution is 5.87. The van der Waals surface area contributed by atoms with Crippen molar-refractivity contribution in [3.05, 3.63) is 29.3 Å². The summed E-state index contributed by atoms with van der Waals surface area (Å²) in [6.45, 7) is 3.07. The van der Waals surface area contributed by atoms with Crippen molar-refractivity contribution < 1.29 is 14.3 Å². The van der Waals surface area contributed by atoms with Crippen molar-refractivity contribution in [3.63, 3.8) is 0 Å². The predicted octanol–water partition coefficient (Wildman–Crippen LogP) is 4.77. The number of alkyl halides is 1. The third kappa shape index (κ3) is 3.28. The van der Waals surface area contributed by atoms with Gasteiger partial charge in [0.15, 0.2) is 0 Å². The van der Waals surface area contributed by atoms with Gasteiger partial charge < -0.3 is 10.4 Å². The molecule has 0 heterocycles. The molecule has 0 saturated heterocycles. The molecule has 154 valence electrons. The van der Waals surface area contributed by atoms with Crippen molar-refractivity contribution in [2.24, 2.45) is 23.2 Å². The molecule has 0 aromatic heterocycles. The first kappa shape index (κ1) is 19.9. The molecule has 2 unspecified atom stereocenters. The lowest BCUT2D eigenvalue weighted by Gasteiger charge is -2.53. The standard InChI is InChI=1S/C24H34FNO2/c1-24-14-20(25)23-18-8-7-17(27)13-16(18)12-15(6-4-3-5-11-26-2)22(23)19(24)9-10-21(24)28/h7-8,13,15,19-20,22-23,26-27H,3-6,9-12,14H2,1-2H3/t15?,19-,20?,22-,23-,24-/m0/s1. The predicted molar refractivity (Wildman–Crippen MR) is 109 cm³/mol. The van der Waals surface area contributed by atoms with Gasteiger partial charge in [0.05, 0.1) is 0 Å². The van der Waals surface area contributed by atoms with Crippen LogP contribution in [0.3, 0.4) is 0 Å². The van der Waals surface area contributed by atoms with E-state index < -0.39 is 11.6 Å². The van der Waals surface area contributed by atoms with Crippen LogP contribution >= 0.6 is 0 Å². The van der Waals surface area contributed by atoms with Gasteiger partial charge in [0.2, 0.25) is 0 Å². The van der Waals surface area contributed by atoms with Gasteiger partial charge in [-0.1, -0.05) is 25.8 Å². The molecule has 2 N–H and O–H groups in total. The molecule has 0 radical (unpaired) electrons. The summed E-state index contributed by atoms with van der Waals surface area (Å²) in [7, 11) is 1.98. The number of aromatic hydroxyl groups is 1. The zero-order valence-corrected chi connectivity index (χ0v) is 17.2. The number of carbonyl (C=O) groups is 1. The second-order valence-corrected chi connectivity index (χ2v) is 9.61. The van der Waals surface area contributed by atoms with E-state index in [0.717, 1.165) is 43.4 Å². The van der Waals surface area contributed by atoms with Crippen molar-refractivity contribution >= 4 is 5.78 Å². The summed E-state index contributed by atoms with van der Waals surface area (Å²) in [5.74, 6) is 1.40. The van der Waals surface area contributed by atoms with Gasteiger partial charge in [0, 0.05) is 17.8 Å². The Kier molecular flexibility index (Phi) is 5.52. The van der Waals surface area contributed by atoms with Gasteiger partial charge in [-0.3, -0.25) is 4.79 Å². The Bertz CT molecular complexity index is 735. The molecule has 3 aliphatic carbocycles. The Morgan fingerprint density at radius 1 is 1.29 bits per heavy atom. The number of benzene rings is 1. The Morgan fingerprint density at radius 2 is 2.11 bits per heavy atom. The normalized spacial score (nSPS) is 36.7. The van der Waals surface area contributed by atoms with E-state index in [9.17, 15) is 9.90 Å². The number of hydrogen-bond donors (Lipinski definition) is 2. The molecule has 28 heavy (non-hydrogen) atoms. The largest absolute Gasteiger partial charge is 0.508 e. The lowest BCUT2D eigenvalue weighted by atomic mass is 9.51. The van der Waals surface area contributed by atoms with Crippen molar-refractivity contribution in [2.75, 3.05) is 13.6 Å². The van der Waals surface area contributed by atoms with Crippen LogP contribution in [0.15, 0.2) is 18.2 Å². The van der Waals surface area contributed by atoms with Crippen LogP contribution in [0.1, 0.15) is 68.9 Å². The molecule has 2 fully saturated rings. The highest BCUT2D eigenvalue weighted by Crippen LogP contribution is 2.62. The van der Waals surface area contributed by atoms with Gasteiger partial charge in [0.25, 0.3) is 0 Å². The van der Waals surface area contributed by atoms with Gasteiger partial charge in [-0.05, 0) is 86.7 Å². The minimum Gasteiger partial charge on any atom is -0.508 e. The van der Waals surface area contributed by atoms with Crippen LogP contribution in [0.25, 0.3) is 0 Å². The molecule has 4 rings (SSSR count). The molecule has 0 spiro atoms. The highest BCUT2D eigenvalue weighted by Gasteiger charge is 2.60. The topological polar surface area (TPSA) is 49.3 Å². The minimum atomic E-state index is -0.969. The van der Waals surface area contributed by atoms with Crippen LogP contribution in [0.5, 0.6) is 5.75 Å². The summed E-state index contributed by atoms with van der Waals surface area (Å²) in [6.07, 6.45) is 6.44. The number of phenols is 1. The average Bonchev–Trinajstić information content (AvgIpc) is 2.95. The quantitative estimate of drug-likeness (QED) is 0.691. The molecule has 3 nitrogen and oxygen atoms in total. The summed E-state index contributed by atoms with van der Waals surface area (Å²) in [5.41, 5.74) is 1.74. The number of Topliss-reactive ketones (excluding diaryl/α,β-unsaturated/α-hetero) is 1. The molecule has 3 aliphatic rings. The van der Waals surface area contributed by atoms with E-state index in [-0.39, 0.29) is 23.4 Å². The molecule has 0 bridgehead atoms. The lowest BCUT2D eigenvalue weighted by molar-refractivity contribution is -0.132. The Labute approximate surface area is 168 Å². The monoisotopic (exact) mass is 387 g/mol. The molecule has 4 heteroatoms. The third-order valence-corrected chi connectivity index (χ3v) is 8.04. The second-order valence-electron chi connectivity index (χ2n) is 9.61. The van der Waals surface area contributed by atoms with E-state index in [1.807, 2.05) is 26.1 Å². The molecule has 0 amide bonds. The molecule has 1 aromatic carbocycles. The molecular formula is C24H34FNO2. The smallest absolute Gasteiger partial charge is 0.139 e. The first-order valence-corrected chi connectivity index (χ1v) is 11.1. The van der Waals surface area contributed by atoms with Crippen molar-refractivity contribution in [3.8, 4) is 5.75 Å². The van der Waals surface area contributed by atoms with Gasteiger partial charge in [-0.25, -0.2) is 4.39 Å². The molecule has 0 aliphatic heterocycles. The number of halogens is 1. The number of nitrogens with one attached hydrogen (secondary N) is 1. The van der Waals surface area contributed by atoms with E-state index in [0.29, 0.717) is 24.7 Å². The average molecular weight is 388 g/mol. The van der Waals surface area contributed by atoms with Crippen LogP contribution < -0.4 is 5.32 Å². The zero-order valence-electron chi connectivity index (χ0n) is 17.2. The number of phenolic OH excluding ortho intramolecular Hbond substituents is 1. The van der Waals surface area contributed by atoms with Crippen molar-refractivity contribution in [1.29, 1.82) is 0 Å². The van der Waals surface area contributed by atoms with E-state index >= 15 is 4.39 Å². The number of unbranched alkanes of at least 4 members (excludes halogenated alkanes) is 2. The molecule has 1 aromatic rings. The number of carbonyl (C=O) groups excluding carboxylic acids is 1. The minimum absolute atomic E-state index is 0.115. The third-order valence-electron chi connectivity index (χ3n) is 8.04. The number of rotatable bonds is 6. The summed E-state index contributed by atoms with van der Waals surface area (Å²) >= 11 is 0. The first-order chi connectivity index (χ1) is 13.5. The highest BCUT2D eigenvalue weighted by atomic mass is 19.1. The SMILES string of the molecule is CNCCCCCC1Cc2cc(O)ccc2[C@H]2C(F)C[C@]3(C)C(=O)CC[C@H]3[C@H]12. The fraction of sp³-hybridized carbons (Fsp3) is 0.708. The molecular weight excluding hydrogens is 353 g/mol. The second kappa shape index (κ2) is 7.78. The first-order valence-electron chi connectivity index (χ1n) is 11.1. The van der Waals surface area contributed by atoms with Crippen LogP contribution in [-0.2, 0) is 11.2 Å².